The molecule has 2 rings (SSSR count). The molecule has 0 saturated carbocycles. The second-order valence-corrected chi connectivity index (χ2v) is 4.18. The van der Waals surface area contributed by atoms with Gasteiger partial charge in [-0.05, 0) is 49.9 Å². The van der Waals surface area contributed by atoms with E-state index in [0.717, 1.165) is 37.9 Å². The molecule has 0 atom stereocenters. The molecule has 0 aliphatic carbocycles. The van der Waals surface area contributed by atoms with E-state index in [2.05, 4.69) is 5.32 Å². The first-order valence-electron chi connectivity index (χ1n) is 5.48. The Balaban J connectivity index is 2.06. The number of hydrogen-bond donors (Lipinski definition) is 3. The van der Waals surface area contributed by atoms with Crippen molar-refractivity contribution in [2.24, 2.45) is 5.92 Å². The van der Waals surface area contributed by atoms with Gasteiger partial charge < -0.3 is 15.5 Å². The molecule has 3 heteroatoms. The number of phenols is 2. The lowest BCUT2D eigenvalue weighted by molar-refractivity contribution is 0.359. The van der Waals surface area contributed by atoms with Crippen LogP contribution in [-0.2, 0) is 6.42 Å². The van der Waals surface area contributed by atoms with Gasteiger partial charge in [-0.3, -0.25) is 0 Å². The largest absolute Gasteiger partial charge is 0.504 e. The number of benzene rings is 1. The maximum absolute atomic E-state index is 9.66. The average Bonchev–Trinajstić information content (AvgIpc) is 2.26. The number of aromatic hydroxyl groups is 2. The highest BCUT2D eigenvalue weighted by Gasteiger charge is 2.16. The summed E-state index contributed by atoms with van der Waals surface area (Å²) >= 11 is 0. The highest BCUT2D eigenvalue weighted by Crippen LogP contribution is 2.31. The quantitative estimate of drug-likeness (QED) is 0.646. The summed E-state index contributed by atoms with van der Waals surface area (Å²) in [6.07, 6.45) is 3.16. The van der Waals surface area contributed by atoms with Crippen molar-refractivity contribution in [1.82, 2.24) is 5.32 Å². The van der Waals surface area contributed by atoms with E-state index in [1.165, 1.54) is 6.07 Å². The summed E-state index contributed by atoms with van der Waals surface area (Å²) in [7, 11) is 0. The van der Waals surface area contributed by atoms with Crippen molar-refractivity contribution in [3.63, 3.8) is 0 Å². The Hall–Kier alpha value is -1.22. The van der Waals surface area contributed by atoms with E-state index in [0.29, 0.717) is 5.92 Å². The standard InChI is InChI=1S/C12H17NO2/c14-11-3-1-2-10(12(11)15)8-9-4-6-13-7-5-9/h1-3,9,13-15H,4-8H2. The molecule has 1 saturated heterocycles. The number of rotatable bonds is 2. The number of hydrogen-bond acceptors (Lipinski definition) is 3. The van der Waals surface area contributed by atoms with Gasteiger partial charge in [-0.1, -0.05) is 12.1 Å². The van der Waals surface area contributed by atoms with Crippen LogP contribution in [0.25, 0.3) is 0 Å². The second kappa shape index (κ2) is 4.53. The second-order valence-electron chi connectivity index (χ2n) is 4.18. The number of phenolic OH excluding ortho intramolecular Hbond substituents is 2. The predicted octanol–water partition coefficient (Wildman–Crippen LogP) is 1.64. The first kappa shape index (κ1) is 10.3. The highest BCUT2D eigenvalue weighted by atomic mass is 16.3. The van der Waals surface area contributed by atoms with Crippen LogP contribution in [-0.4, -0.2) is 23.3 Å². The lowest BCUT2D eigenvalue weighted by Gasteiger charge is -2.22. The number of para-hydroxylation sites is 1. The van der Waals surface area contributed by atoms with Crippen LogP contribution in [0.2, 0.25) is 0 Å². The molecule has 1 aromatic rings. The van der Waals surface area contributed by atoms with E-state index in [4.69, 9.17) is 0 Å². The van der Waals surface area contributed by atoms with Crippen molar-refractivity contribution < 1.29 is 10.2 Å². The zero-order valence-corrected chi connectivity index (χ0v) is 8.74. The smallest absolute Gasteiger partial charge is 0.160 e. The molecule has 3 N–H and O–H groups in total. The van der Waals surface area contributed by atoms with Crippen molar-refractivity contribution in [2.45, 2.75) is 19.3 Å². The van der Waals surface area contributed by atoms with Gasteiger partial charge in [0.2, 0.25) is 0 Å². The van der Waals surface area contributed by atoms with E-state index in [1.807, 2.05) is 6.07 Å². The van der Waals surface area contributed by atoms with Crippen LogP contribution >= 0.6 is 0 Å². The molecule has 0 spiro atoms. The summed E-state index contributed by atoms with van der Waals surface area (Å²) in [5, 5.41) is 22.3. The first-order valence-corrected chi connectivity index (χ1v) is 5.48. The summed E-state index contributed by atoms with van der Waals surface area (Å²) < 4.78 is 0. The molecular weight excluding hydrogens is 190 g/mol. The third-order valence-corrected chi connectivity index (χ3v) is 3.07. The molecule has 0 radical (unpaired) electrons. The Bertz CT molecular complexity index is 332. The van der Waals surface area contributed by atoms with Crippen LogP contribution in [0.4, 0.5) is 0 Å². The Morgan fingerprint density at radius 2 is 1.93 bits per heavy atom. The van der Waals surface area contributed by atoms with Gasteiger partial charge in [0, 0.05) is 0 Å². The van der Waals surface area contributed by atoms with Crippen LogP contribution in [0.1, 0.15) is 18.4 Å². The lowest BCUT2D eigenvalue weighted by Crippen LogP contribution is -2.28. The van der Waals surface area contributed by atoms with Gasteiger partial charge in [-0.2, -0.15) is 0 Å². The van der Waals surface area contributed by atoms with Crippen LogP contribution in [0.3, 0.4) is 0 Å². The summed E-state index contributed by atoms with van der Waals surface area (Å²) in [6.45, 7) is 2.12. The summed E-state index contributed by atoms with van der Waals surface area (Å²) in [4.78, 5) is 0. The molecule has 1 aliphatic rings. The van der Waals surface area contributed by atoms with E-state index < -0.39 is 0 Å². The van der Waals surface area contributed by atoms with Crippen LogP contribution in [0.5, 0.6) is 11.5 Å². The topological polar surface area (TPSA) is 52.5 Å². The zero-order chi connectivity index (χ0) is 10.7. The molecule has 1 aromatic carbocycles. The first-order chi connectivity index (χ1) is 7.27. The predicted molar refractivity (Wildman–Crippen MR) is 59.1 cm³/mol. The van der Waals surface area contributed by atoms with E-state index in [-0.39, 0.29) is 11.5 Å². The normalized spacial score (nSPS) is 17.9. The minimum Gasteiger partial charge on any atom is -0.504 e. The molecule has 82 valence electrons. The van der Waals surface area contributed by atoms with Gasteiger partial charge in [0.25, 0.3) is 0 Å². The fourth-order valence-corrected chi connectivity index (χ4v) is 2.14. The number of piperidine rings is 1. The molecule has 0 amide bonds. The van der Waals surface area contributed by atoms with Gasteiger partial charge in [0.05, 0.1) is 0 Å². The average molecular weight is 207 g/mol. The van der Waals surface area contributed by atoms with Crippen LogP contribution < -0.4 is 5.32 Å². The Kier molecular flexibility index (Phi) is 3.11. The Morgan fingerprint density at radius 3 is 2.67 bits per heavy atom. The van der Waals surface area contributed by atoms with Crippen molar-refractivity contribution in [2.75, 3.05) is 13.1 Å². The van der Waals surface area contributed by atoms with E-state index in [1.54, 1.807) is 6.07 Å². The van der Waals surface area contributed by atoms with Crippen LogP contribution in [0.15, 0.2) is 18.2 Å². The van der Waals surface area contributed by atoms with Gasteiger partial charge in [0.15, 0.2) is 11.5 Å². The third-order valence-electron chi connectivity index (χ3n) is 3.07. The van der Waals surface area contributed by atoms with E-state index >= 15 is 0 Å². The van der Waals surface area contributed by atoms with Crippen molar-refractivity contribution in [3.05, 3.63) is 23.8 Å². The molecule has 15 heavy (non-hydrogen) atoms. The van der Waals surface area contributed by atoms with Crippen molar-refractivity contribution in [3.8, 4) is 11.5 Å². The molecule has 1 aliphatic heterocycles. The van der Waals surface area contributed by atoms with Gasteiger partial charge in [-0.15, -0.1) is 0 Å². The summed E-state index contributed by atoms with van der Waals surface area (Å²) in [5.74, 6) is 0.663. The molecule has 0 aromatic heterocycles. The molecule has 1 heterocycles. The third kappa shape index (κ3) is 2.42. The SMILES string of the molecule is Oc1cccc(CC2CCNCC2)c1O. The zero-order valence-electron chi connectivity index (χ0n) is 8.74. The fraction of sp³-hybridized carbons (Fsp3) is 0.500. The maximum atomic E-state index is 9.66. The molecule has 1 fully saturated rings. The van der Waals surface area contributed by atoms with E-state index in [9.17, 15) is 10.2 Å². The number of nitrogens with one attached hydrogen (secondary N) is 1. The highest BCUT2D eigenvalue weighted by molar-refractivity contribution is 5.44. The summed E-state index contributed by atoms with van der Waals surface area (Å²) in [6, 6.07) is 5.18. The Labute approximate surface area is 89.8 Å². The van der Waals surface area contributed by atoms with Gasteiger partial charge >= 0.3 is 0 Å². The maximum Gasteiger partial charge on any atom is 0.160 e. The fourth-order valence-electron chi connectivity index (χ4n) is 2.14. The lowest BCUT2D eigenvalue weighted by atomic mass is 9.90. The minimum atomic E-state index is -0.0126. The molecule has 0 bridgehead atoms. The Morgan fingerprint density at radius 1 is 1.20 bits per heavy atom. The van der Waals surface area contributed by atoms with Crippen molar-refractivity contribution in [1.29, 1.82) is 0 Å². The van der Waals surface area contributed by atoms with Gasteiger partial charge in [0.1, 0.15) is 0 Å². The van der Waals surface area contributed by atoms with Gasteiger partial charge in [-0.25, -0.2) is 0 Å². The summed E-state index contributed by atoms with van der Waals surface area (Å²) in [5.41, 5.74) is 0.863. The molecular formula is C12H17NO2. The molecule has 3 nitrogen and oxygen atoms in total. The minimum absolute atomic E-state index is 0.0126. The molecule has 0 unspecified atom stereocenters. The monoisotopic (exact) mass is 207 g/mol. The van der Waals surface area contributed by atoms with Crippen molar-refractivity contribution >= 4 is 0 Å². The van der Waals surface area contributed by atoms with Crippen LogP contribution in [0, 0.1) is 5.92 Å².